The van der Waals surface area contributed by atoms with E-state index in [1.807, 2.05) is 25.1 Å². The quantitative estimate of drug-likeness (QED) is 0.764. The largest absolute Gasteiger partial charge is 0.497 e. The molecule has 0 fully saturated rings. The van der Waals surface area contributed by atoms with Gasteiger partial charge in [-0.1, -0.05) is 0 Å². The number of rotatable bonds is 8. The van der Waals surface area contributed by atoms with Crippen LogP contribution < -0.4 is 20.1 Å². The van der Waals surface area contributed by atoms with Crippen molar-refractivity contribution in [2.24, 2.45) is 0 Å². The van der Waals surface area contributed by atoms with Gasteiger partial charge in [0.15, 0.2) is 0 Å². The molecular formula is C15H24N2O4. The van der Waals surface area contributed by atoms with Gasteiger partial charge in [-0.15, -0.1) is 0 Å². The average Bonchev–Trinajstić information content (AvgIpc) is 2.47. The van der Waals surface area contributed by atoms with E-state index in [9.17, 15) is 4.79 Å². The van der Waals surface area contributed by atoms with E-state index >= 15 is 0 Å². The number of hydrogen-bond donors (Lipinski definition) is 2. The van der Waals surface area contributed by atoms with Crippen LogP contribution in [-0.2, 0) is 11.2 Å². The molecule has 0 aromatic heterocycles. The molecule has 6 heteroatoms. The van der Waals surface area contributed by atoms with Crippen molar-refractivity contribution in [1.29, 1.82) is 0 Å². The van der Waals surface area contributed by atoms with Gasteiger partial charge in [-0.25, -0.2) is 4.79 Å². The summed E-state index contributed by atoms with van der Waals surface area (Å²) in [7, 11) is 4.84. The Kier molecular flexibility index (Phi) is 7.39. The zero-order valence-corrected chi connectivity index (χ0v) is 13.1. The third-order valence-corrected chi connectivity index (χ3v) is 2.96. The fourth-order valence-electron chi connectivity index (χ4n) is 1.95. The van der Waals surface area contributed by atoms with Crippen LogP contribution in [0.2, 0.25) is 0 Å². The monoisotopic (exact) mass is 296 g/mol. The minimum absolute atomic E-state index is 0.0265. The van der Waals surface area contributed by atoms with E-state index in [1.165, 1.54) is 0 Å². The van der Waals surface area contributed by atoms with Crippen molar-refractivity contribution in [1.82, 2.24) is 10.6 Å². The maximum Gasteiger partial charge on any atom is 0.315 e. The minimum atomic E-state index is -0.207. The van der Waals surface area contributed by atoms with E-state index in [2.05, 4.69) is 10.6 Å². The molecule has 2 amide bonds. The predicted octanol–water partition coefficient (Wildman–Crippen LogP) is 1.58. The van der Waals surface area contributed by atoms with Crippen LogP contribution in [0.1, 0.15) is 12.5 Å². The maximum absolute atomic E-state index is 11.7. The predicted molar refractivity (Wildman–Crippen MR) is 81.1 cm³/mol. The molecule has 2 N–H and O–H groups in total. The lowest BCUT2D eigenvalue weighted by atomic mass is 10.1. The third-order valence-electron chi connectivity index (χ3n) is 2.96. The molecule has 1 aromatic carbocycles. The molecule has 0 saturated carbocycles. The zero-order valence-electron chi connectivity index (χ0n) is 13.1. The van der Waals surface area contributed by atoms with E-state index < -0.39 is 0 Å². The van der Waals surface area contributed by atoms with Gasteiger partial charge in [-0.3, -0.25) is 0 Å². The summed E-state index contributed by atoms with van der Waals surface area (Å²) in [6.45, 7) is 2.88. The van der Waals surface area contributed by atoms with Crippen LogP contribution >= 0.6 is 0 Å². The van der Waals surface area contributed by atoms with Gasteiger partial charge in [-0.2, -0.15) is 0 Å². The van der Waals surface area contributed by atoms with Gasteiger partial charge in [0, 0.05) is 13.7 Å². The Morgan fingerprint density at radius 3 is 2.62 bits per heavy atom. The highest BCUT2D eigenvalue weighted by atomic mass is 16.5. The molecule has 0 saturated heterocycles. The summed E-state index contributed by atoms with van der Waals surface area (Å²) >= 11 is 0. The Balaban J connectivity index is 2.46. The van der Waals surface area contributed by atoms with Crippen molar-refractivity contribution in [2.45, 2.75) is 19.4 Å². The van der Waals surface area contributed by atoms with E-state index in [0.717, 1.165) is 17.1 Å². The molecular weight excluding hydrogens is 272 g/mol. The van der Waals surface area contributed by atoms with Crippen LogP contribution in [0.4, 0.5) is 4.79 Å². The molecule has 0 aliphatic carbocycles. The van der Waals surface area contributed by atoms with Gasteiger partial charge >= 0.3 is 6.03 Å². The summed E-state index contributed by atoms with van der Waals surface area (Å²) in [5, 5.41) is 5.59. The van der Waals surface area contributed by atoms with Gasteiger partial charge in [0.25, 0.3) is 0 Å². The van der Waals surface area contributed by atoms with Gasteiger partial charge < -0.3 is 24.8 Å². The molecule has 0 heterocycles. The highest BCUT2D eigenvalue weighted by molar-refractivity contribution is 5.74. The summed E-state index contributed by atoms with van der Waals surface area (Å²) in [6, 6.07) is 5.37. The first kappa shape index (κ1) is 17.1. The fourth-order valence-corrected chi connectivity index (χ4v) is 1.95. The van der Waals surface area contributed by atoms with Crippen molar-refractivity contribution < 1.29 is 19.0 Å². The summed E-state index contributed by atoms with van der Waals surface area (Å²) < 4.78 is 15.5. The standard InChI is InChI=1S/C15H24N2O4/c1-11(10-19-2)17-15(18)16-8-7-12-9-13(20-3)5-6-14(12)21-4/h5-6,9,11H,7-8,10H2,1-4H3,(H2,16,17,18). The molecule has 1 aromatic rings. The summed E-state index contributed by atoms with van der Waals surface area (Å²) in [5.74, 6) is 1.55. The van der Waals surface area contributed by atoms with E-state index in [0.29, 0.717) is 19.6 Å². The molecule has 1 unspecified atom stereocenters. The van der Waals surface area contributed by atoms with Crippen LogP contribution in [0.25, 0.3) is 0 Å². The lowest BCUT2D eigenvalue weighted by Gasteiger charge is -2.14. The second-order valence-electron chi connectivity index (χ2n) is 4.68. The van der Waals surface area contributed by atoms with Gasteiger partial charge in [0.05, 0.1) is 26.9 Å². The first-order valence-corrected chi connectivity index (χ1v) is 6.85. The maximum atomic E-state index is 11.7. The number of methoxy groups -OCH3 is 3. The van der Waals surface area contributed by atoms with E-state index in [1.54, 1.807) is 21.3 Å². The SMILES string of the molecule is COCC(C)NC(=O)NCCc1cc(OC)ccc1OC. The number of carbonyl (C=O) groups is 1. The Morgan fingerprint density at radius 2 is 2.00 bits per heavy atom. The summed E-state index contributed by atoms with van der Waals surface area (Å²) in [6.07, 6.45) is 0.659. The van der Waals surface area contributed by atoms with Gasteiger partial charge in [0.2, 0.25) is 0 Å². The number of benzene rings is 1. The molecule has 0 aliphatic rings. The highest BCUT2D eigenvalue weighted by Gasteiger charge is 2.08. The topological polar surface area (TPSA) is 68.8 Å². The Labute approximate surface area is 125 Å². The van der Waals surface area contributed by atoms with Crippen molar-refractivity contribution in [2.75, 3.05) is 34.5 Å². The van der Waals surface area contributed by atoms with Crippen LogP contribution in [0.15, 0.2) is 18.2 Å². The van der Waals surface area contributed by atoms with Crippen molar-refractivity contribution in [3.63, 3.8) is 0 Å². The molecule has 1 atom stereocenters. The molecule has 0 radical (unpaired) electrons. The summed E-state index contributed by atoms with van der Waals surface area (Å²) in [4.78, 5) is 11.7. The number of nitrogens with one attached hydrogen (secondary N) is 2. The first-order chi connectivity index (χ1) is 10.1. The van der Waals surface area contributed by atoms with Crippen molar-refractivity contribution in [3.8, 4) is 11.5 Å². The smallest absolute Gasteiger partial charge is 0.315 e. The first-order valence-electron chi connectivity index (χ1n) is 6.85. The molecule has 0 spiro atoms. The lowest BCUT2D eigenvalue weighted by molar-refractivity contribution is 0.171. The number of ether oxygens (including phenoxy) is 3. The molecule has 6 nitrogen and oxygen atoms in total. The van der Waals surface area contributed by atoms with Crippen LogP contribution in [0.5, 0.6) is 11.5 Å². The number of hydrogen-bond acceptors (Lipinski definition) is 4. The van der Waals surface area contributed by atoms with E-state index in [-0.39, 0.29) is 12.1 Å². The molecule has 0 bridgehead atoms. The van der Waals surface area contributed by atoms with Crippen LogP contribution in [0.3, 0.4) is 0 Å². The normalized spacial score (nSPS) is 11.6. The fraction of sp³-hybridized carbons (Fsp3) is 0.533. The second-order valence-corrected chi connectivity index (χ2v) is 4.68. The number of carbonyl (C=O) groups excluding carboxylic acids is 1. The Bertz CT molecular complexity index is 451. The number of urea groups is 1. The molecule has 118 valence electrons. The van der Waals surface area contributed by atoms with Crippen molar-refractivity contribution in [3.05, 3.63) is 23.8 Å². The van der Waals surface area contributed by atoms with Gasteiger partial charge in [0.1, 0.15) is 11.5 Å². The number of amides is 2. The zero-order chi connectivity index (χ0) is 15.7. The minimum Gasteiger partial charge on any atom is -0.497 e. The molecule has 21 heavy (non-hydrogen) atoms. The van der Waals surface area contributed by atoms with E-state index in [4.69, 9.17) is 14.2 Å². The third kappa shape index (κ3) is 5.91. The Hall–Kier alpha value is -1.95. The van der Waals surface area contributed by atoms with Crippen molar-refractivity contribution >= 4 is 6.03 Å². The molecule has 1 rings (SSSR count). The average molecular weight is 296 g/mol. The Morgan fingerprint density at radius 1 is 1.24 bits per heavy atom. The second kappa shape index (κ2) is 9.07. The van der Waals surface area contributed by atoms with Gasteiger partial charge in [-0.05, 0) is 37.1 Å². The van der Waals surface area contributed by atoms with Crippen LogP contribution in [0, 0.1) is 0 Å². The summed E-state index contributed by atoms with van der Waals surface area (Å²) in [5.41, 5.74) is 0.988. The van der Waals surface area contributed by atoms with Crippen LogP contribution in [-0.4, -0.2) is 46.6 Å². The molecule has 0 aliphatic heterocycles. The highest BCUT2D eigenvalue weighted by Crippen LogP contribution is 2.23. The lowest BCUT2D eigenvalue weighted by Crippen LogP contribution is -2.43.